The lowest BCUT2D eigenvalue weighted by atomic mass is 9.80. The van der Waals surface area contributed by atoms with E-state index in [2.05, 4.69) is 20.8 Å². The van der Waals surface area contributed by atoms with Crippen LogP contribution in [0.3, 0.4) is 0 Å². The van der Waals surface area contributed by atoms with Crippen LogP contribution in [-0.2, 0) is 19.3 Å². The Morgan fingerprint density at radius 3 is 1.67 bits per heavy atom. The minimum Gasteiger partial charge on any atom is -0.308 e. The van der Waals surface area contributed by atoms with E-state index in [1.54, 1.807) is 36.4 Å². The largest absolute Gasteiger partial charge is 0.308 e. The lowest BCUT2D eigenvalue weighted by molar-refractivity contribution is 0.322. The van der Waals surface area contributed by atoms with Crippen molar-refractivity contribution in [2.24, 2.45) is 22.7 Å². The highest BCUT2D eigenvalue weighted by Gasteiger charge is 2.38. The topological polar surface area (TPSA) is 9.86 Å². The second-order valence-corrected chi connectivity index (χ2v) is 18.1. The Morgan fingerprint density at radius 2 is 1.09 bits per heavy atom. The molecule has 4 aromatic carbocycles. The van der Waals surface area contributed by atoms with E-state index in [1.165, 1.54) is 6.07 Å². The molecule has 0 N–H and O–H groups in total. The molecule has 0 saturated carbocycles. The molecule has 2 nitrogen and oxygen atoms in total. The Morgan fingerprint density at radius 1 is 0.561 bits per heavy atom. The number of aromatic nitrogens is 2. The Balaban J connectivity index is 1.44. The molecule has 2 aromatic heterocycles. The second-order valence-electron chi connectivity index (χ2n) is 18.1. The van der Waals surface area contributed by atoms with Crippen LogP contribution >= 0.6 is 0 Å². The van der Waals surface area contributed by atoms with Crippen molar-refractivity contribution < 1.29 is 35.1 Å². The quantitative estimate of drug-likeness (QED) is 0.0936. The van der Waals surface area contributed by atoms with Crippen LogP contribution in [0.5, 0.6) is 0 Å². The van der Waals surface area contributed by atoms with Gasteiger partial charge in [-0.25, -0.2) is 35.1 Å². The van der Waals surface area contributed by atoms with E-state index >= 15 is 35.1 Å². The molecule has 2 aliphatic rings. The van der Waals surface area contributed by atoms with Crippen LogP contribution in [0.15, 0.2) is 54.6 Å². The molecule has 0 saturated heterocycles. The van der Waals surface area contributed by atoms with Crippen LogP contribution in [0, 0.1) is 69.2 Å². The average Bonchev–Trinajstić information content (AvgIpc) is 3.61. The van der Waals surface area contributed by atoms with Crippen LogP contribution in [0.2, 0.25) is 0 Å². The summed E-state index contributed by atoms with van der Waals surface area (Å²) in [4.78, 5) is 0. The van der Waals surface area contributed by atoms with Crippen LogP contribution < -0.4 is 0 Å². The minimum atomic E-state index is -2.29. The Bertz CT molecular complexity index is 2720. The van der Waals surface area contributed by atoms with Crippen LogP contribution in [0.1, 0.15) is 83.0 Å². The normalized spacial score (nSPS) is 16.9. The zero-order valence-corrected chi connectivity index (χ0v) is 32.8. The summed E-state index contributed by atoms with van der Waals surface area (Å²) in [5, 5.41) is 1.11. The van der Waals surface area contributed by atoms with E-state index in [4.69, 9.17) is 0 Å². The monoisotopic (exact) mass is 786 g/mol. The Hall–Kier alpha value is -5.12. The Kier molecular flexibility index (Phi) is 9.17. The standard InChI is InChI=1S/C47H42F8N2/c1-23-12-15-27-26-10-8-9-11-30(26)56(31(27)18-23)44-38(50)34(36(48)40(52)42(44)54)35-37(49)41(53)43(55)45(39(35)51)57-32-19-24(21-46(2,3)4)13-16-28(32)29-17-14-25(20-33(29)57)22-47(5,6)7/h8-17,19,23,25H,18,20-22H2,1-7H3. The zero-order chi connectivity index (χ0) is 41.0. The summed E-state index contributed by atoms with van der Waals surface area (Å²) in [5.41, 5.74) is -2.83. The van der Waals surface area contributed by atoms with Gasteiger partial charge >= 0.3 is 0 Å². The lowest BCUT2D eigenvalue weighted by Crippen LogP contribution is -2.19. The van der Waals surface area contributed by atoms with Gasteiger partial charge in [0.05, 0.1) is 22.2 Å². The number of hydrogen-bond acceptors (Lipinski definition) is 0. The highest BCUT2D eigenvalue weighted by atomic mass is 19.2. The highest BCUT2D eigenvalue weighted by Crippen LogP contribution is 2.46. The van der Waals surface area contributed by atoms with Crippen LogP contribution in [0.4, 0.5) is 35.1 Å². The van der Waals surface area contributed by atoms with Crippen molar-refractivity contribution in [3.63, 3.8) is 0 Å². The van der Waals surface area contributed by atoms with Crippen molar-refractivity contribution in [1.29, 1.82) is 0 Å². The van der Waals surface area contributed by atoms with Crippen molar-refractivity contribution in [2.45, 2.75) is 74.1 Å². The molecule has 0 radical (unpaired) electrons. The van der Waals surface area contributed by atoms with Crippen molar-refractivity contribution in [2.75, 3.05) is 0 Å². The first-order chi connectivity index (χ1) is 26.8. The molecule has 57 heavy (non-hydrogen) atoms. The van der Waals surface area contributed by atoms with Gasteiger partial charge < -0.3 is 9.13 Å². The molecule has 0 bridgehead atoms. The van der Waals surface area contributed by atoms with Gasteiger partial charge in [0.25, 0.3) is 0 Å². The second kappa shape index (κ2) is 13.5. The lowest BCUT2D eigenvalue weighted by Gasteiger charge is -2.27. The van der Waals surface area contributed by atoms with Gasteiger partial charge in [-0.2, -0.15) is 0 Å². The first-order valence-electron chi connectivity index (χ1n) is 19.1. The molecular weight excluding hydrogens is 745 g/mol. The molecule has 2 aliphatic carbocycles. The van der Waals surface area contributed by atoms with E-state index in [1.807, 2.05) is 52.0 Å². The number of fused-ring (bicyclic) bond motifs is 6. The summed E-state index contributed by atoms with van der Waals surface area (Å²) in [6.07, 6.45) is 9.22. The van der Waals surface area contributed by atoms with E-state index in [-0.39, 0.29) is 46.5 Å². The van der Waals surface area contributed by atoms with Crippen LogP contribution in [-0.4, -0.2) is 9.13 Å². The van der Waals surface area contributed by atoms with Gasteiger partial charge in [0.1, 0.15) is 11.4 Å². The molecule has 2 unspecified atom stereocenters. The molecule has 2 atom stereocenters. The molecule has 2 heterocycles. The smallest absolute Gasteiger partial charge is 0.197 e. The summed E-state index contributed by atoms with van der Waals surface area (Å²) < 4.78 is 134. The predicted octanol–water partition coefficient (Wildman–Crippen LogP) is 13.8. The van der Waals surface area contributed by atoms with E-state index < -0.39 is 69.0 Å². The number of nitrogens with zero attached hydrogens (tertiary/aromatic N) is 2. The SMILES string of the molecule is CC1C=Cc2c(n(-c3c(F)c(F)c(F)c(-c4c(F)c(F)c(F)c(-n5c6c(c7ccc(CC(C)(C)C)cc75)C=CC(CC(C)(C)C)C6)c4F)c3F)c3ccccc23)C1. The number of benzene rings is 4. The first-order valence-corrected chi connectivity index (χ1v) is 19.1. The summed E-state index contributed by atoms with van der Waals surface area (Å²) in [6.45, 7) is 14.1. The minimum absolute atomic E-state index is 0.117. The predicted molar refractivity (Wildman–Crippen MR) is 211 cm³/mol. The fraction of sp³-hybridized carbons (Fsp3) is 0.319. The fourth-order valence-electron chi connectivity index (χ4n) is 8.92. The first kappa shape index (κ1) is 38.7. The molecule has 0 aliphatic heterocycles. The van der Waals surface area contributed by atoms with Crippen molar-refractivity contribution in [1.82, 2.24) is 9.13 Å². The fourth-order valence-corrected chi connectivity index (χ4v) is 8.92. The summed E-state index contributed by atoms with van der Waals surface area (Å²) in [7, 11) is 0. The maximum absolute atomic E-state index is 17.5. The average molecular weight is 787 g/mol. The van der Waals surface area contributed by atoms with E-state index in [0.717, 1.165) is 14.7 Å². The van der Waals surface area contributed by atoms with E-state index in [0.29, 0.717) is 46.1 Å². The number of hydrogen-bond donors (Lipinski definition) is 0. The molecule has 0 amide bonds. The number of rotatable bonds is 5. The molecule has 0 spiro atoms. The zero-order valence-electron chi connectivity index (χ0n) is 32.8. The van der Waals surface area contributed by atoms with Crippen LogP contribution in [0.25, 0.3) is 56.5 Å². The van der Waals surface area contributed by atoms with Gasteiger partial charge in [-0.3, -0.25) is 0 Å². The molecule has 8 rings (SSSR count). The highest BCUT2D eigenvalue weighted by molar-refractivity contribution is 5.95. The van der Waals surface area contributed by atoms with E-state index in [9.17, 15) is 0 Å². The molecular formula is C47H42F8N2. The third-order valence-corrected chi connectivity index (χ3v) is 11.1. The number of halogens is 8. The molecule has 0 fully saturated rings. The van der Waals surface area contributed by atoms with Gasteiger partial charge in [-0.1, -0.05) is 103 Å². The summed E-state index contributed by atoms with van der Waals surface area (Å²) >= 11 is 0. The summed E-state index contributed by atoms with van der Waals surface area (Å²) in [6, 6.07) is 11.9. The third-order valence-electron chi connectivity index (χ3n) is 11.1. The van der Waals surface area contributed by atoms with Gasteiger partial charge in [0.2, 0.25) is 0 Å². The maximum Gasteiger partial charge on any atom is 0.197 e. The van der Waals surface area contributed by atoms with Crippen molar-refractivity contribution in [3.8, 4) is 22.5 Å². The van der Waals surface area contributed by atoms with Crippen molar-refractivity contribution >= 4 is 34.0 Å². The Labute approximate surface area is 326 Å². The van der Waals surface area contributed by atoms with Gasteiger partial charge in [-0.15, -0.1) is 0 Å². The van der Waals surface area contributed by atoms with Crippen molar-refractivity contribution in [3.05, 3.63) is 129 Å². The maximum atomic E-state index is 17.5. The van der Waals surface area contributed by atoms with Gasteiger partial charge in [0.15, 0.2) is 46.5 Å². The molecule has 296 valence electrons. The number of allylic oxidation sites excluding steroid dienone is 2. The molecule has 10 heteroatoms. The number of para-hydroxylation sites is 1. The van der Waals surface area contributed by atoms with Gasteiger partial charge in [0, 0.05) is 33.3 Å². The molecule has 6 aromatic rings. The third kappa shape index (κ3) is 6.30. The summed E-state index contributed by atoms with van der Waals surface area (Å²) in [5.74, 6) is -16.9. The van der Waals surface area contributed by atoms with Gasteiger partial charge in [-0.05, 0) is 66.0 Å².